The third kappa shape index (κ3) is 3.73. The summed E-state index contributed by atoms with van der Waals surface area (Å²) in [6.07, 6.45) is 2.99. The quantitative estimate of drug-likeness (QED) is 0.915. The molecule has 1 aromatic carbocycles. The maximum absolute atomic E-state index is 10.6. The van der Waals surface area contributed by atoms with Crippen molar-refractivity contribution in [3.63, 3.8) is 0 Å². The fourth-order valence-electron chi connectivity index (χ4n) is 2.65. The van der Waals surface area contributed by atoms with Crippen molar-refractivity contribution in [2.75, 3.05) is 18.0 Å². The third-order valence-corrected chi connectivity index (χ3v) is 4.30. The molecule has 0 amide bonds. The van der Waals surface area contributed by atoms with Gasteiger partial charge in [-0.2, -0.15) is 5.26 Å². The van der Waals surface area contributed by atoms with Crippen molar-refractivity contribution in [1.29, 1.82) is 5.26 Å². The minimum atomic E-state index is -0.716. The fraction of sp³-hybridized carbons (Fsp3) is 0.467. The normalized spacial score (nSPS) is 15.9. The summed E-state index contributed by atoms with van der Waals surface area (Å²) in [5.41, 5.74) is 1.66. The van der Waals surface area contributed by atoms with Crippen LogP contribution >= 0.6 is 15.9 Å². The molecule has 0 bridgehead atoms. The van der Waals surface area contributed by atoms with Crippen molar-refractivity contribution in [2.24, 2.45) is 5.92 Å². The van der Waals surface area contributed by atoms with E-state index in [2.05, 4.69) is 26.9 Å². The first-order chi connectivity index (χ1) is 9.60. The highest BCUT2D eigenvalue weighted by molar-refractivity contribution is 9.10. The molecule has 0 spiro atoms. The van der Waals surface area contributed by atoms with Crippen LogP contribution in [0, 0.1) is 17.2 Å². The molecule has 5 heteroatoms. The molecule has 106 valence electrons. The molecule has 1 aromatic rings. The van der Waals surface area contributed by atoms with Gasteiger partial charge < -0.3 is 10.0 Å². The molecule has 1 aliphatic rings. The smallest absolute Gasteiger partial charge is 0.303 e. The minimum absolute atomic E-state index is 0.255. The highest BCUT2D eigenvalue weighted by Crippen LogP contribution is 2.30. The van der Waals surface area contributed by atoms with Gasteiger partial charge in [0.15, 0.2) is 0 Å². The van der Waals surface area contributed by atoms with Crippen molar-refractivity contribution in [1.82, 2.24) is 0 Å². The lowest BCUT2D eigenvalue weighted by Crippen LogP contribution is -2.34. The number of piperidine rings is 1. The summed E-state index contributed by atoms with van der Waals surface area (Å²) in [6, 6.07) is 7.92. The van der Waals surface area contributed by atoms with E-state index in [-0.39, 0.29) is 6.42 Å². The van der Waals surface area contributed by atoms with Crippen LogP contribution in [-0.2, 0) is 4.79 Å². The van der Waals surface area contributed by atoms with Crippen molar-refractivity contribution in [3.8, 4) is 6.07 Å². The molecule has 2 rings (SSSR count). The number of nitrogens with zero attached hydrogens (tertiary/aromatic N) is 2. The molecule has 4 nitrogen and oxygen atoms in total. The molecular formula is C15H17BrN2O2. The van der Waals surface area contributed by atoms with Gasteiger partial charge in [0.25, 0.3) is 0 Å². The summed E-state index contributed by atoms with van der Waals surface area (Å²) < 4.78 is 0.972. The average molecular weight is 337 g/mol. The molecule has 1 aliphatic heterocycles. The van der Waals surface area contributed by atoms with Crippen LogP contribution in [0.25, 0.3) is 0 Å². The Morgan fingerprint density at radius 2 is 2.15 bits per heavy atom. The Balaban J connectivity index is 1.99. The molecule has 0 unspecified atom stereocenters. The van der Waals surface area contributed by atoms with Crippen LogP contribution in [0.4, 0.5) is 5.69 Å². The third-order valence-electron chi connectivity index (χ3n) is 3.80. The molecule has 1 heterocycles. The second kappa shape index (κ2) is 6.76. The zero-order chi connectivity index (χ0) is 14.5. The van der Waals surface area contributed by atoms with Gasteiger partial charge in [0.2, 0.25) is 0 Å². The van der Waals surface area contributed by atoms with Gasteiger partial charge in [-0.1, -0.05) is 15.9 Å². The number of carboxylic acids is 1. The standard InChI is InChI=1S/C15H17BrN2O2/c16-13-3-2-12(10-17)14(9-13)18-7-5-11(6-8-18)1-4-15(19)20/h2-3,9,11H,1,4-8H2,(H,19,20). The van der Waals surface area contributed by atoms with E-state index >= 15 is 0 Å². The van der Waals surface area contributed by atoms with Crippen LogP contribution in [-0.4, -0.2) is 24.2 Å². The van der Waals surface area contributed by atoms with E-state index < -0.39 is 5.97 Å². The van der Waals surface area contributed by atoms with Crippen molar-refractivity contribution in [2.45, 2.75) is 25.7 Å². The lowest BCUT2D eigenvalue weighted by atomic mass is 9.91. The summed E-state index contributed by atoms with van der Waals surface area (Å²) in [6.45, 7) is 1.77. The summed E-state index contributed by atoms with van der Waals surface area (Å²) in [7, 11) is 0. The van der Waals surface area contributed by atoms with Crippen molar-refractivity contribution in [3.05, 3.63) is 28.2 Å². The van der Waals surface area contributed by atoms with Gasteiger partial charge in [-0.05, 0) is 43.4 Å². The number of benzene rings is 1. The van der Waals surface area contributed by atoms with E-state index in [1.165, 1.54) is 0 Å². The SMILES string of the molecule is N#Cc1ccc(Br)cc1N1CCC(CCC(=O)O)CC1. The highest BCUT2D eigenvalue weighted by Gasteiger charge is 2.21. The Bertz CT molecular complexity index is 531. The molecule has 20 heavy (non-hydrogen) atoms. The number of nitriles is 1. The highest BCUT2D eigenvalue weighted by atomic mass is 79.9. The van der Waals surface area contributed by atoms with Gasteiger partial charge in [0.05, 0.1) is 11.3 Å². The number of carboxylic acid groups (broad SMARTS) is 1. The molecular weight excluding hydrogens is 320 g/mol. The monoisotopic (exact) mass is 336 g/mol. The van der Waals surface area contributed by atoms with Crippen LogP contribution in [0.3, 0.4) is 0 Å². The molecule has 0 atom stereocenters. The Kier molecular flexibility index (Phi) is 5.02. The summed E-state index contributed by atoms with van der Waals surface area (Å²) in [4.78, 5) is 12.8. The lowest BCUT2D eigenvalue weighted by molar-refractivity contribution is -0.137. The number of anilines is 1. The zero-order valence-electron chi connectivity index (χ0n) is 11.2. The lowest BCUT2D eigenvalue weighted by Gasteiger charge is -2.34. The van der Waals surface area contributed by atoms with Crippen molar-refractivity contribution < 1.29 is 9.90 Å². The number of halogens is 1. The average Bonchev–Trinajstić information content (AvgIpc) is 2.45. The molecule has 0 radical (unpaired) electrons. The van der Waals surface area contributed by atoms with Crippen LogP contribution in [0.15, 0.2) is 22.7 Å². The number of hydrogen-bond donors (Lipinski definition) is 1. The van der Waals surface area contributed by atoms with Crippen LogP contribution in [0.2, 0.25) is 0 Å². The predicted octanol–water partition coefficient (Wildman–Crippen LogP) is 3.40. The second-order valence-electron chi connectivity index (χ2n) is 5.14. The maximum atomic E-state index is 10.6. The van der Waals surface area contributed by atoms with Gasteiger partial charge in [-0.25, -0.2) is 0 Å². The largest absolute Gasteiger partial charge is 0.481 e. The molecule has 1 fully saturated rings. The number of hydrogen-bond acceptors (Lipinski definition) is 3. The Morgan fingerprint density at radius 3 is 2.75 bits per heavy atom. The second-order valence-corrected chi connectivity index (χ2v) is 6.05. The van der Waals surface area contributed by atoms with E-state index in [4.69, 9.17) is 5.11 Å². The Morgan fingerprint density at radius 1 is 1.45 bits per heavy atom. The van der Waals surface area contributed by atoms with Gasteiger partial charge in [-0.3, -0.25) is 4.79 Å². The van der Waals surface area contributed by atoms with Gasteiger partial charge in [0.1, 0.15) is 6.07 Å². The van der Waals surface area contributed by atoms with Crippen LogP contribution in [0.5, 0.6) is 0 Å². The number of carbonyl (C=O) groups is 1. The predicted molar refractivity (Wildman–Crippen MR) is 80.7 cm³/mol. The van der Waals surface area contributed by atoms with Crippen molar-refractivity contribution >= 4 is 27.6 Å². The molecule has 1 N–H and O–H groups in total. The summed E-state index contributed by atoms with van der Waals surface area (Å²) in [5.74, 6) is -0.230. The Labute approximate surface area is 127 Å². The van der Waals surface area contributed by atoms with E-state index in [1.54, 1.807) is 0 Å². The van der Waals surface area contributed by atoms with Crippen LogP contribution < -0.4 is 4.90 Å². The topological polar surface area (TPSA) is 64.3 Å². The van der Waals surface area contributed by atoms with Gasteiger partial charge in [-0.15, -0.1) is 0 Å². The maximum Gasteiger partial charge on any atom is 0.303 e. The fourth-order valence-corrected chi connectivity index (χ4v) is 3.00. The van der Waals surface area contributed by atoms with Gasteiger partial charge >= 0.3 is 5.97 Å². The van der Waals surface area contributed by atoms with E-state index in [9.17, 15) is 10.1 Å². The molecule has 0 aromatic heterocycles. The van der Waals surface area contributed by atoms with Crippen LogP contribution in [0.1, 0.15) is 31.2 Å². The van der Waals surface area contributed by atoms with Gasteiger partial charge in [0, 0.05) is 24.0 Å². The minimum Gasteiger partial charge on any atom is -0.481 e. The van der Waals surface area contributed by atoms with E-state index in [0.29, 0.717) is 11.5 Å². The first-order valence-electron chi connectivity index (χ1n) is 6.76. The summed E-state index contributed by atoms with van der Waals surface area (Å²) >= 11 is 3.44. The Hall–Kier alpha value is -1.54. The first kappa shape index (κ1) is 14.9. The van der Waals surface area contributed by atoms with E-state index in [0.717, 1.165) is 42.5 Å². The first-order valence-corrected chi connectivity index (χ1v) is 7.56. The number of aliphatic carboxylic acids is 1. The zero-order valence-corrected chi connectivity index (χ0v) is 12.8. The number of rotatable bonds is 4. The molecule has 1 saturated heterocycles. The molecule has 0 aliphatic carbocycles. The summed E-state index contributed by atoms with van der Waals surface area (Å²) in [5, 5.41) is 17.9. The van der Waals surface area contributed by atoms with E-state index in [1.807, 2.05) is 18.2 Å². The molecule has 0 saturated carbocycles.